The quantitative estimate of drug-likeness (QED) is 0.506. The fourth-order valence-corrected chi connectivity index (χ4v) is 5.19. The Hall–Kier alpha value is -1.50. The second-order valence-electron chi connectivity index (χ2n) is 7.46. The zero-order chi connectivity index (χ0) is 20.8. The highest BCUT2D eigenvalue weighted by Crippen LogP contribution is 2.39. The number of likely N-dealkylation sites (tertiary alicyclic amines) is 1. The molecule has 29 heavy (non-hydrogen) atoms. The summed E-state index contributed by atoms with van der Waals surface area (Å²) in [5, 5.41) is 0. The molecule has 0 saturated carbocycles. The number of rotatable bonds is 7. The van der Waals surface area contributed by atoms with Crippen LogP contribution >= 0.6 is 23.5 Å². The summed E-state index contributed by atoms with van der Waals surface area (Å²) in [6.45, 7) is 3.42. The van der Waals surface area contributed by atoms with Crippen LogP contribution in [0.25, 0.3) is 0 Å². The second kappa shape index (κ2) is 10.5. The first-order chi connectivity index (χ1) is 14.0. The summed E-state index contributed by atoms with van der Waals surface area (Å²) in [6, 6.07) is 13.4. The second-order valence-corrected chi connectivity index (χ2v) is 9.42. The minimum absolute atomic E-state index is 0.0251. The van der Waals surface area contributed by atoms with Crippen LogP contribution in [-0.4, -0.2) is 43.2 Å². The standard InChI is InChI=1S/C23H29FN2OS2/c1-17(27)26(15-13-18-8-6-7-14-25(18)2)21-16-19(28-3)11-12-23(21)29-22-10-5-4-9-20(22)24/h4-5,9-12,16,18H,6-8,13-15H2,1-3H3. The molecular weight excluding hydrogens is 403 g/mol. The van der Waals surface area contributed by atoms with Crippen molar-refractivity contribution in [3.8, 4) is 0 Å². The van der Waals surface area contributed by atoms with E-state index in [1.165, 1.54) is 37.1 Å². The van der Waals surface area contributed by atoms with Crippen LogP contribution in [0.2, 0.25) is 0 Å². The molecule has 156 valence electrons. The third-order valence-electron chi connectivity index (χ3n) is 5.50. The van der Waals surface area contributed by atoms with Gasteiger partial charge in [-0.2, -0.15) is 0 Å². The van der Waals surface area contributed by atoms with Gasteiger partial charge in [-0.15, -0.1) is 11.8 Å². The topological polar surface area (TPSA) is 23.6 Å². The van der Waals surface area contributed by atoms with Gasteiger partial charge in [-0.3, -0.25) is 4.79 Å². The molecule has 2 aromatic rings. The average Bonchev–Trinajstić information content (AvgIpc) is 2.71. The molecule has 1 atom stereocenters. The van der Waals surface area contributed by atoms with E-state index in [0.29, 0.717) is 17.5 Å². The number of hydrogen-bond donors (Lipinski definition) is 0. The number of thioether (sulfide) groups is 1. The van der Waals surface area contributed by atoms with Gasteiger partial charge < -0.3 is 9.80 Å². The van der Waals surface area contributed by atoms with E-state index in [2.05, 4.69) is 18.0 Å². The van der Waals surface area contributed by atoms with Crippen molar-refractivity contribution in [2.75, 3.05) is 31.3 Å². The fraction of sp³-hybridized carbons (Fsp3) is 0.435. The first-order valence-corrected chi connectivity index (χ1v) is 12.1. The van der Waals surface area contributed by atoms with Gasteiger partial charge in [-0.25, -0.2) is 4.39 Å². The molecule has 3 nitrogen and oxygen atoms in total. The number of piperidine rings is 1. The van der Waals surface area contributed by atoms with Crippen LogP contribution in [0.1, 0.15) is 32.6 Å². The third kappa shape index (κ3) is 5.77. The van der Waals surface area contributed by atoms with Gasteiger partial charge in [0.15, 0.2) is 0 Å². The van der Waals surface area contributed by atoms with E-state index in [-0.39, 0.29) is 11.7 Å². The Morgan fingerprint density at radius 2 is 2.00 bits per heavy atom. The molecule has 2 aromatic carbocycles. The maximum absolute atomic E-state index is 14.2. The lowest BCUT2D eigenvalue weighted by Gasteiger charge is -2.34. The van der Waals surface area contributed by atoms with Gasteiger partial charge in [0.05, 0.1) is 5.69 Å². The molecule has 1 heterocycles. The maximum Gasteiger partial charge on any atom is 0.223 e. The van der Waals surface area contributed by atoms with Crippen molar-refractivity contribution in [3.63, 3.8) is 0 Å². The number of nitrogens with zero attached hydrogens (tertiary/aromatic N) is 2. The monoisotopic (exact) mass is 432 g/mol. The highest BCUT2D eigenvalue weighted by Gasteiger charge is 2.23. The summed E-state index contributed by atoms with van der Waals surface area (Å²) >= 11 is 3.03. The van der Waals surface area contributed by atoms with E-state index in [1.54, 1.807) is 30.8 Å². The molecule has 1 fully saturated rings. The van der Waals surface area contributed by atoms with E-state index < -0.39 is 0 Å². The highest BCUT2D eigenvalue weighted by molar-refractivity contribution is 7.99. The van der Waals surface area contributed by atoms with E-state index in [0.717, 1.165) is 28.4 Å². The lowest BCUT2D eigenvalue weighted by Crippen LogP contribution is -2.40. The van der Waals surface area contributed by atoms with E-state index in [4.69, 9.17) is 0 Å². The van der Waals surface area contributed by atoms with Gasteiger partial charge in [0.2, 0.25) is 5.91 Å². The molecule has 6 heteroatoms. The third-order valence-corrected chi connectivity index (χ3v) is 7.34. The first kappa shape index (κ1) is 22.2. The van der Waals surface area contributed by atoms with Gasteiger partial charge in [-0.05, 0) is 69.4 Å². The zero-order valence-corrected chi connectivity index (χ0v) is 19.0. The Morgan fingerprint density at radius 3 is 2.69 bits per heavy atom. The smallest absolute Gasteiger partial charge is 0.223 e. The van der Waals surface area contributed by atoms with Crippen molar-refractivity contribution in [2.45, 2.75) is 53.3 Å². The number of anilines is 1. The van der Waals surface area contributed by atoms with Crippen LogP contribution in [0.15, 0.2) is 57.2 Å². The first-order valence-electron chi connectivity index (χ1n) is 10.1. The van der Waals surface area contributed by atoms with E-state index >= 15 is 0 Å². The van der Waals surface area contributed by atoms with Crippen LogP contribution in [-0.2, 0) is 4.79 Å². The molecule has 0 N–H and O–H groups in total. The summed E-state index contributed by atoms with van der Waals surface area (Å²) in [5.74, 6) is -0.215. The van der Waals surface area contributed by atoms with Gasteiger partial charge in [0, 0.05) is 34.2 Å². The average molecular weight is 433 g/mol. The minimum atomic E-state index is -0.240. The summed E-state index contributed by atoms with van der Waals surface area (Å²) < 4.78 is 14.2. The van der Waals surface area contributed by atoms with Crippen LogP contribution in [0.3, 0.4) is 0 Å². The number of carbonyl (C=O) groups is 1. The van der Waals surface area contributed by atoms with Crippen molar-refractivity contribution in [3.05, 3.63) is 48.3 Å². The van der Waals surface area contributed by atoms with Crippen molar-refractivity contribution in [1.82, 2.24) is 4.90 Å². The lowest BCUT2D eigenvalue weighted by molar-refractivity contribution is -0.116. The molecule has 1 unspecified atom stereocenters. The normalized spacial score (nSPS) is 17.3. The van der Waals surface area contributed by atoms with Crippen LogP contribution in [0.4, 0.5) is 10.1 Å². The molecule has 0 spiro atoms. The van der Waals surface area contributed by atoms with Gasteiger partial charge in [-0.1, -0.05) is 30.3 Å². The number of carbonyl (C=O) groups excluding carboxylic acids is 1. The Bertz CT molecular complexity index is 845. The largest absolute Gasteiger partial charge is 0.311 e. The Labute approximate surface area is 182 Å². The lowest BCUT2D eigenvalue weighted by atomic mass is 10.00. The number of halogens is 1. The minimum Gasteiger partial charge on any atom is -0.311 e. The fourth-order valence-electron chi connectivity index (χ4n) is 3.80. The Morgan fingerprint density at radius 1 is 1.21 bits per heavy atom. The van der Waals surface area contributed by atoms with Crippen LogP contribution < -0.4 is 4.90 Å². The number of benzene rings is 2. The van der Waals surface area contributed by atoms with E-state index in [9.17, 15) is 9.18 Å². The summed E-state index contributed by atoms with van der Waals surface area (Å²) in [4.78, 5) is 19.4. The van der Waals surface area contributed by atoms with Crippen molar-refractivity contribution >= 4 is 35.1 Å². The van der Waals surface area contributed by atoms with E-state index in [1.807, 2.05) is 29.4 Å². The molecule has 0 bridgehead atoms. The molecule has 1 aliphatic rings. The van der Waals surface area contributed by atoms with Crippen molar-refractivity contribution in [1.29, 1.82) is 0 Å². The molecule has 0 aromatic heterocycles. The number of hydrogen-bond acceptors (Lipinski definition) is 4. The molecule has 1 saturated heterocycles. The zero-order valence-electron chi connectivity index (χ0n) is 17.4. The van der Waals surface area contributed by atoms with Crippen LogP contribution in [0, 0.1) is 5.82 Å². The van der Waals surface area contributed by atoms with Gasteiger partial charge in [0.25, 0.3) is 0 Å². The SMILES string of the molecule is CSc1ccc(Sc2ccccc2F)c(N(CCC2CCCCN2C)C(C)=O)c1. The van der Waals surface area contributed by atoms with Crippen molar-refractivity contribution in [2.24, 2.45) is 0 Å². The van der Waals surface area contributed by atoms with Gasteiger partial charge >= 0.3 is 0 Å². The predicted molar refractivity (Wildman–Crippen MR) is 122 cm³/mol. The van der Waals surface area contributed by atoms with Crippen LogP contribution in [0.5, 0.6) is 0 Å². The Balaban J connectivity index is 1.87. The number of amides is 1. The van der Waals surface area contributed by atoms with Crippen molar-refractivity contribution < 1.29 is 9.18 Å². The predicted octanol–water partition coefficient (Wildman–Crippen LogP) is 5.93. The molecular formula is C23H29FN2OS2. The summed E-state index contributed by atoms with van der Waals surface area (Å²) in [5.41, 5.74) is 0.871. The molecule has 1 amide bonds. The Kier molecular flexibility index (Phi) is 8.04. The molecule has 1 aliphatic heterocycles. The molecule has 0 aliphatic carbocycles. The molecule has 0 radical (unpaired) electrons. The van der Waals surface area contributed by atoms with Gasteiger partial charge in [0.1, 0.15) is 5.82 Å². The summed E-state index contributed by atoms with van der Waals surface area (Å²) in [6.07, 6.45) is 6.67. The highest BCUT2D eigenvalue weighted by atomic mass is 32.2. The molecule has 3 rings (SSSR count). The summed E-state index contributed by atoms with van der Waals surface area (Å²) in [7, 11) is 2.18. The maximum atomic E-state index is 14.2.